The first-order chi connectivity index (χ1) is 10.1. The van der Waals surface area contributed by atoms with Crippen LogP contribution in [-0.4, -0.2) is 34.1 Å². The van der Waals surface area contributed by atoms with Crippen molar-refractivity contribution in [2.45, 2.75) is 38.4 Å². The number of imidazole rings is 1. The summed E-state index contributed by atoms with van der Waals surface area (Å²) in [4.78, 5) is 26.9. The molecule has 1 amide bonds. The third-order valence-electron chi connectivity index (χ3n) is 3.97. The van der Waals surface area contributed by atoms with Crippen LogP contribution in [0.2, 0.25) is 0 Å². The number of carbonyl (C=O) groups is 1. The van der Waals surface area contributed by atoms with E-state index in [4.69, 9.17) is 0 Å². The number of piperidine rings is 1. The predicted molar refractivity (Wildman–Crippen MR) is 81.2 cm³/mol. The molecule has 3 N–H and O–H groups in total. The van der Waals surface area contributed by atoms with Crippen molar-refractivity contribution >= 4 is 16.9 Å². The van der Waals surface area contributed by atoms with Crippen LogP contribution in [0.3, 0.4) is 0 Å². The first kappa shape index (κ1) is 13.9. The van der Waals surface area contributed by atoms with Gasteiger partial charge in [0.1, 0.15) is 6.54 Å². The number of benzene rings is 1. The van der Waals surface area contributed by atoms with Crippen LogP contribution < -0.4 is 16.3 Å². The molecule has 1 aliphatic heterocycles. The fourth-order valence-electron chi connectivity index (χ4n) is 2.94. The number of nitrogens with one attached hydrogen (secondary N) is 3. The topological polar surface area (TPSA) is 78.9 Å². The largest absolute Gasteiger partial charge is 0.352 e. The molecule has 0 radical (unpaired) electrons. The van der Waals surface area contributed by atoms with E-state index in [1.165, 1.54) is 4.57 Å². The van der Waals surface area contributed by atoms with Gasteiger partial charge in [-0.05, 0) is 38.4 Å². The van der Waals surface area contributed by atoms with Crippen LogP contribution >= 0.6 is 0 Å². The fourth-order valence-corrected chi connectivity index (χ4v) is 2.94. The van der Waals surface area contributed by atoms with Gasteiger partial charge in [-0.1, -0.05) is 12.1 Å². The predicted octanol–water partition coefficient (Wildman–Crippen LogP) is 0.586. The third kappa shape index (κ3) is 3.00. The van der Waals surface area contributed by atoms with Crippen molar-refractivity contribution in [1.82, 2.24) is 20.2 Å². The quantitative estimate of drug-likeness (QED) is 0.773. The molecule has 1 aromatic carbocycles. The second-order valence-electron chi connectivity index (χ2n) is 5.68. The maximum Gasteiger partial charge on any atom is 0.326 e. The van der Waals surface area contributed by atoms with Crippen molar-refractivity contribution < 1.29 is 4.79 Å². The van der Waals surface area contributed by atoms with Crippen molar-refractivity contribution in [3.05, 3.63) is 34.7 Å². The third-order valence-corrected chi connectivity index (χ3v) is 3.97. The highest BCUT2D eigenvalue weighted by Crippen LogP contribution is 2.10. The maximum atomic E-state index is 12.2. The Morgan fingerprint density at radius 3 is 3.05 bits per heavy atom. The van der Waals surface area contributed by atoms with Gasteiger partial charge in [0.25, 0.3) is 0 Å². The number of amides is 1. The number of fused-ring (bicyclic) bond motifs is 1. The Balaban J connectivity index is 1.71. The summed E-state index contributed by atoms with van der Waals surface area (Å²) in [6.07, 6.45) is 1.85. The molecule has 6 nitrogen and oxygen atoms in total. The van der Waals surface area contributed by atoms with Gasteiger partial charge >= 0.3 is 5.69 Å². The van der Waals surface area contributed by atoms with Crippen LogP contribution in [-0.2, 0) is 11.3 Å². The summed E-state index contributed by atoms with van der Waals surface area (Å²) in [5.41, 5.74) is 1.27. The molecule has 2 aromatic rings. The average molecular weight is 288 g/mol. The second-order valence-corrected chi connectivity index (χ2v) is 5.68. The summed E-state index contributed by atoms with van der Waals surface area (Å²) in [7, 11) is 0. The van der Waals surface area contributed by atoms with E-state index in [-0.39, 0.29) is 24.2 Å². The van der Waals surface area contributed by atoms with Gasteiger partial charge in [-0.2, -0.15) is 0 Å². The molecule has 1 aliphatic rings. The Morgan fingerprint density at radius 1 is 1.43 bits per heavy atom. The van der Waals surface area contributed by atoms with Crippen LogP contribution in [0, 0.1) is 0 Å². The molecule has 1 fully saturated rings. The molecule has 0 spiro atoms. The normalized spacial score (nSPS) is 22.3. The van der Waals surface area contributed by atoms with Crippen molar-refractivity contribution in [2.75, 3.05) is 6.54 Å². The van der Waals surface area contributed by atoms with Crippen molar-refractivity contribution in [3.63, 3.8) is 0 Å². The second kappa shape index (κ2) is 5.73. The molecule has 2 atom stereocenters. The van der Waals surface area contributed by atoms with E-state index in [0.29, 0.717) is 6.04 Å². The molecule has 1 saturated heterocycles. The SMILES string of the molecule is CC1CC(NC(=O)Cn2c(=O)[nH]c3ccccc32)CCN1. The molecule has 6 heteroatoms. The van der Waals surface area contributed by atoms with Crippen molar-refractivity contribution in [1.29, 1.82) is 0 Å². The molecule has 1 aromatic heterocycles. The van der Waals surface area contributed by atoms with Crippen LogP contribution in [0.5, 0.6) is 0 Å². The van der Waals surface area contributed by atoms with Gasteiger partial charge in [0.05, 0.1) is 11.0 Å². The van der Waals surface area contributed by atoms with E-state index in [1.807, 2.05) is 24.3 Å². The van der Waals surface area contributed by atoms with E-state index in [2.05, 4.69) is 22.5 Å². The highest BCUT2D eigenvalue weighted by Gasteiger charge is 2.20. The summed E-state index contributed by atoms with van der Waals surface area (Å²) >= 11 is 0. The molecule has 3 rings (SSSR count). The minimum atomic E-state index is -0.245. The average Bonchev–Trinajstić information content (AvgIpc) is 2.75. The summed E-state index contributed by atoms with van der Waals surface area (Å²) in [5, 5.41) is 6.38. The van der Waals surface area contributed by atoms with E-state index in [1.54, 1.807) is 0 Å². The Morgan fingerprint density at radius 2 is 2.24 bits per heavy atom. The molecule has 0 saturated carbocycles. The Labute approximate surface area is 122 Å². The number of nitrogens with zero attached hydrogens (tertiary/aromatic N) is 1. The van der Waals surface area contributed by atoms with Crippen LogP contribution in [0.25, 0.3) is 11.0 Å². The molecular weight excluding hydrogens is 268 g/mol. The Kier molecular flexibility index (Phi) is 3.79. The minimum absolute atomic E-state index is 0.0567. The molecule has 2 unspecified atom stereocenters. The number of H-pyrrole nitrogens is 1. The van der Waals surface area contributed by atoms with Gasteiger partial charge in [-0.25, -0.2) is 4.79 Å². The zero-order valence-corrected chi connectivity index (χ0v) is 12.1. The molecule has 21 heavy (non-hydrogen) atoms. The lowest BCUT2D eigenvalue weighted by atomic mass is 10.0. The number of hydrogen-bond acceptors (Lipinski definition) is 3. The number of rotatable bonds is 3. The van der Waals surface area contributed by atoms with Crippen LogP contribution in [0.1, 0.15) is 19.8 Å². The highest BCUT2D eigenvalue weighted by molar-refractivity contribution is 5.80. The lowest BCUT2D eigenvalue weighted by Crippen LogP contribution is -2.47. The molecular formula is C15H20N4O2. The van der Waals surface area contributed by atoms with Gasteiger partial charge in [0.2, 0.25) is 5.91 Å². The molecule has 0 aliphatic carbocycles. The van der Waals surface area contributed by atoms with Gasteiger partial charge in [-0.3, -0.25) is 9.36 Å². The van der Waals surface area contributed by atoms with E-state index in [9.17, 15) is 9.59 Å². The van der Waals surface area contributed by atoms with Crippen molar-refractivity contribution in [2.24, 2.45) is 0 Å². The van der Waals surface area contributed by atoms with Crippen LogP contribution in [0.4, 0.5) is 0 Å². The molecule has 112 valence electrons. The van der Waals surface area contributed by atoms with E-state index < -0.39 is 0 Å². The molecule has 0 bridgehead atoms. The van der Waals surface area contributed by atoms with Crippen molar-refractivity contribution in [3.8, 4) is 0 Å². The summed E-state index contributed by atoms with van der Waals surface area (Å²) in [6.45, 7) is 3.09. The van der Waals surface area contributed by atoms with E-state index >= 15 is 0 Å². The smallest absolute Gasteiger partial charge is 0.326 e. The van der Waals surface area contributed by atoms with Gasteiger partial charge in [0.15, 0.2) is 0 Å². The summed E-state index contributed by atoms with van der Waals surface area (Å²) in [6, 6.07) is 8.00. The zero-order valence-electron chi connectivity index (χ0n) is 12.1. The zero-order chi connectivity index (χ0) is 14.8. The van der Waals surface area contributed by atoms with Gasteiger partial charge in [0, 0.05) is 12.1 Å². The fraction of sp³-hybridized carbons (Fsp3) is 0.467. The standard InChI is InChI=1S/C15H20N4O2/c1-10-8-11(6-7-16-10)17-14(20)9-19-13-5-3-2-4-12(13)18-15(19)21/h2-5,10-11,16H,6-9H2,1H3,(H,17,20)(H,18,21). The first-order valence-electron chi connectivity index (χ1n) is 7.34. The highest BCUT2D eigenvalue weighted by atomic mass is 16.2. The van der Waals surface area contributed by atoms with Crippen LogP contribution in [0.15, 0.2) is 29.1 Å². The Bertz CT molecular complexity index is 703. The number of aromatic nitrogens is 2. The monoisotopic (exact) mass is 288 g/mol. The summed E-state index contributed by atoms with van der Waals surface area (Å²) < 4.78 is 1.48. The lowest BCUT2D eigenvalue weighted by molar-refractivity contribution is -0.122. The lowest BCUT2D eigenvalue weighted by Gasteiger charge is -2.28. The number of para-hydroxylation sites is 2. The Hall–Kier alpha value is -2.08. The van der Waals surface area contributed by atoms with E-state index in [0.717, 1.165) is 30.4 Å². The maximum absolute atomic E-state index is 12.2. The first-order valence-corrected chi connectivity index (χ1v) is 7.34. The summed E-state index contributed by atoms with van der Waals surface area (Å²) in [5.74, 6) is -0.110. The number of aromatic amines is 1. The van der Waals surface area contributed by atoms with Gasteiger partial charge < -0.3 is 15.6 Å². The minimum Gasteiger partial charge on any atom is -0.352 e. The number of carbonyl (C=O) groups excluding carboxylic acids is 1. The molecule has 2 heterocycles. The number of hydrogen-bond donors (Lipinski definition) is 3. The van der Waals surface area contributed by atoms with Gasteiger partial charge in [-0.15, -0.1) is 0 Å².